The molecule has 1 atom stereocenters. The lowest BCUT2D eigenvalue weighted by Crippen LogP contribution is -2.12. The third-order valence-corrected chi connectivity index (χ3v) is 1.13. The van der Waals surface area contributed by atoms with E-state index in [4.69, 9.17) is 9.84 Å². The minimum Gasteiger partial charge on any atom is -0.489 e. The van der Waals surface area contributed by atoms with Crippen molar-refractivity contribution >= 4 is 0 Å². The van der Waals surface area contributed by atoms with Crippen LogP contribution in [0, 0.1) is 0 Å². The Morgan fingerprint density at radius 3 is 3.09 bits per heavy atom. The zero-order chi connectivity index (χ0) is 8.10. The standard InChI is InChI=1S/C8H11NO2/c1-7(10)6-11-8-3-2-4-9-5-8/h2-5,7,10H,6H2,1H3/t7-/m1/s1. The van der Waals surface area contributed by atoms with Crippen molar-refractivity contribution in [1.29, 1.82) is 0 Å². The lowest BCUT2D eigenvalue weighted by Gasteiger charge is -2.06. The lowest BCUT2D eigenvalue weighted by atomic mass is 10.4. The van der Waals surface area contributed by atoms with Gasteiger partial charge in [0.15, 0.2) is 0 Å². The maximum absolute atomic E-state index is 8.87. The van der Waals surface area contributed by atoms with Crippen LogP contribution in [0.5, 0.6) is 5.75 Å². The first-order valence-electron chi connectivity index (χ1n) is 3.50. The summed E-state index contributed by atoms with van der Waals surface area (Å²) in [6.45, 7) is 1.99. The Morgan fingerprint density at radius 2 is 2.55 bits per heavy atom. The van der Waals surface area contributed by atoms with Gasteiger partial charge in [0, 0.05) is 6.20 Å². The van der Waals surface area contributed by atoms with Crippen LogP contribution in [0.15, 0.2) is 24.5 Å². The first kappa shape index (κ1) is 8.01. The van der Waals surface area contributed by atoms with Crippen molar-refractivity contribution in [3.05, 3.63) is 24.5 Å². The van der Waals surface area contributed by atoms with Gasteiger partial charge in [-0.1, -0.05) is 0 Å². The van der Waals surface area contributed by atoms with Crippen molar-refractivity contribution in [1.82, 2.24) is 4.98 Å². The van der Waals surface area contributed by atoms with Gasteiger partial charge in [0.05, 0.1) is 12.3 Å². The summed E-state index contributed by atoms with van der Waals surface area (Å²) in [4.78, 5) is 3.86. The number of aliphatic hydroxyl groups excluding tert-OH is 1. The molecule has 1 aromatic heterocycles. The number of pyridine rings is 1. The van der Waals surface area contributed by atoms with E-state index in [0.29, 0.717) is 12.4 Å². The Hall–Kier alpha value is -1.09. The first-order chi connectivity index (χ1) is 5.29. The van der Waals surface area contributed by atoms with Crippen LogP contribution in [0.2, 0.25) is 0 Å². The van der Waals surface area contributed by atoms with Gasteiger partial charge in [0.25, 0.3) is 0 Å². The number of hydrogen-bond acceptors (Lipinski definition) is 3. The molecule has 0 aliphatic carbocycles. The van der Waals surface area contributed by atoms with E-state index < -0.39 is 6.10 Å². The molecule has 1 heterocycles. The second kappa shape index (κ2) is 3.93. The van der Waals surface area contributed by atoms with Gasteiger partial charge in [-0.3, -0.25) is 4.98 Å². The van der Waals surface area contributed by atoms with Gasteiger partial charge in [-0.05, 0) is 19.1 Å². The summed E-state index contributed by atoms with van der Waals surface area (Å²) in [6.07, 6.45) is 2.85. The van der Waals surface area contributed by atoms with Crippen molar-refractivity contribution in [2.24, 2.45) is 0 Å². The molecule has 11 heavy (non-hydrogen) atoms. The van der Waals surface area contributed by atoms with E-state index in [1.54, 1.807) is 31.5 Å². The van der Waals surface area contributed by atoms with Crippen LogP contribution in [0.4, 0.5) is 0 Å². The van der Waals surface area contributed by atoms with Gasteiger partial charge in [-0.2, -0.15) is 0 Å². The molecule has 0 bridgehead atoms. The average Bonchev–Trinajstić information content (AvgIpc) is 2.03. The van der Waals surface area contributed by atoms with Crippen molar-refractivity contribution in [3.8, 4) is 5.75 Å². The van der Waals surface area contributed by atoms with Crippen molar-refractivity contribution in [2.75, 3.05) is 6.61 Å². The van der Waals surface area contributed by atoms with Crippen LogP contribution < -0.4 is 4.74 Å². The SMILES string of the molecule is C[C@@H](O)COc1cccnc1. The zero-order valence-electron chi connectivity index (χ0n) is 6.40. The number of aromatic nitrogens is 1. The molecule has 0 aliphatic rings. The normalized spacial score (nSPS) is 12.5. The van der Waals surface area contributed by atoms with Crippen LogP contribution in [0.3, 0.4) is 0 Å². The summed E-state index contributed by atoms with van der Waals surface area (Å²) < 4.78 is 5.15. The number of aliphatic hydroxyl groups is 1. The van der Waals surface area contributed by atoms with E-state index in [2.05, 4.69) is 4.98 Å². The summed E-state index contributed by atoms with van der Waals surface area (Å²) in [5.74, 6) is 0.688. The number of nitrogens with zero attached hydrogens (tertiary/aromatic N) is 1. The fourth-order valence-electron chi connectivity index (χ4n) is 0.649. The molecule has 60 valence electrons. The smallest absolute Gasteiger partial charge is 0.137 e. The topological polar surface area (TPSA) is 42.4 Å². The van der Waals surface area contributed by atoms with E-state index >= 15 is 0 Å². The summed E-state index contributed by atoms with van der Waals surface area (Å²) in [5, 5.41) is 8.87. The maximum Gasteiger partial charge on any atom is 0.137 e. The fraction of sp³-hybridized carbons (Fsp3) is 0.375. The molecule has 1 N–H and O–H groups in total. The molecular weight excluding hydrogens is 142 g/mol. The highest BCUT2D eigenvalue weighted by atomic mass is 16.5. The van der Waals surface area contributed by atoms with Gasteiger partial charge in [-0.25, -0.2) is 0 Å². The summed E-state index contributed by atoms with van der Waals surface area (Å²) in [6, 6.07) is 3.59. The van der Waals surface area contributed by atoms with E-state index in [1.165, 1.54) is 0 Å². The van der Waals surface area contributed by atoms with Gasteiger partial charge >= 0.3 is 0 Å². The highest BCUT2D eigenvalue weighted by Gasteiger charge is 1.95. The van der Waals surface area contributed by atoms with Gasteiger partial charge in [0.1, 0.15) is 12.4 Å². The predicted molar refractivity (Wildman–Crippen MR) is 41.4 cm³/mol. The molecule has 0 saturated carbocycles. The molecule has 1 aromatic rings. The Kier molecular flexibility index (Phi) is 2.86. The van der Waals surface area contributed by atoms with Crippen LogP contribution in [0.1, 0.15) is 6.92 Å². The molecule has 0 unspecified atom stereocenters. The van der Waals surface area contributed by atoms with E-state index in [9.17, 15) is 0 Å². The lowest BCUT2D eigenvalue weighted by molar-refractivity contribution is 0.122. The van der Waals surface area contributed by atoms with Gasteiger partial charge < -0.3 is 9.84 Å². The Bertz CT molecular complexity index is 199. The number of ether oxygens (including phenoxy) is 1. The molecule has 3 heteroatoms. The van der Waals surface area contributed by atoms with Crippen molar-refractivity contribution in [2.45, 2.75) is 13.0 Å². The highest BCUT2D eigenvalue weighted by Crippen LogP contribution is 2.05. The van der Waals surface area contributed by atoms with Crippen LogP contribution in [-0.2, 0) is 0 Å². The number of rotatable bonds is 3. The fourth-order valence-corrected chi connectivity index (χ4v) is 0.649. The van der Waals surface area contributed by atoms with Gasteiger partial charge in [-0.15, -0.1) is 0 Å². The molecule has 0 radical (unpaired) electrons. The summed E-state index contributed by atoms with van der Waals surface area (Å²) in [7, 11) is 0. The molecule has 1 rings (SSSR count). The molecule has 0 saturated heterocycles. The molecule has 0 fully saturated rings. The van der Waals surface area contributed by atoms with E-state index in [0.717, 1.165) is 0 Å². The van der Waals surface area contributed by atoms with E-state index in [-0.39, 0.29) is 0 Å². The maximum atomic E-state index is 8.87. The third-order valence-electron chi connectivity index (χ3n) is 1.13. The molecule has 0 spiro atoms. The zero-order valence-corrected chi connectivity index (χ0v) is 6.40. The van der Waals surface area contributed by atoms with Crippen LogP contribution in [-0.4, -0.2) is 22.8 Å². The predicted octanol–water partition coefficient (Wildman–Crippen LogP) is 0.841. The quantitative estimate of drug-likeness (QED) is 0.699. The molecular formula is C8H11NO2. The average molecular weight is 153 g/mol. The summed E-state index contributed by atoms with van der Waals surface area (Å²) in [5.41, 5.74) is 0. The number of hydrogen-bond donors (Lipinski definition) is 1. The second-order valence-electron chi connectivity index (χ2n) is 2.35. The minimum absolute atomic E-state index is 0.311. The van der Waals surface area contributed by atoms with E-state index in [1.807, 2.05) is 0 Å². The van der Waals surface area contributed by atoms with Crippen LogP contribution in [0.25, 0.3) is 0 Å². The first-order valence-corrected chi connectivity index (χ1v) is 3.50. The summed E-state index contributed by atoms with van der Waals surface area (Å²) >= 11 is 0. The monoisotopic (exact) mass is 153 g/mol. The van der Waals surface area contributed by atoms with Crippen molar-refractivity contribution < 1.29 is 9.84 Å². The Labute approximate surface area is 65.7 Å². The van der Waals surface area contributed by atoms with Crippen molar-refractivity contribution in [3.63, 3.8) is 0 Å². The Morgan fingerprint density at radius 1 is 1.73 bits per heavy atom. The van der Waals surface area contributed by atoms with Crippen LogP contribution >= 0.6 is 0 Å². The molecule has 0 aliphatic heterocycles. The third kappa shape index (κ3) is 3.00. The largest absolute Gasteiger partial charge is 0.489 e. The Balaban J connectivity index is 2.39. The molecule has 3 nitrogen and oxygen atoms in total. The minimum atomic E-state index is -0.435. The van der Waals surface area contributed by atoms with Gasteiger partial charge in [0.2, 0.25) is 0 Å². The molecule has 0 amide bonds. The second-order valence-corrected chi connectivity index (χ2v) is 2.35. The highest BCUT2D eigenvalue weighted by molar-refractivity contribution is 5.15. The molecule has 0 aromatic carbocycles.